The Morgan fingerprint density at radius 2 is 1.75 bits per heavy atom. The summed E-state index contributed by atoms with van der Waals surface area (Å²) in [6.07, 6.45) is 14.6. The lowest BCUT2D eigenvalue weighted by Crippen LogP contribution is -2.50. The number of fused-ring (bicyclic) bond motifs is 5. The number of allylic oxidation sites excluding steroid dienone is 1. The zero-order valence-electron chi connectivity index (χ0n) is 18.6. The number of rotatable bonds is 6. The third kappa shape index (κ3) is 3.51. The molecule has 0 bridgehead atoms. The molecule has 0 N–H and O–H groups in total. The fourth-order valence-electron chi connectivity index (χ4n) is 7.36. The van der Waals surface area contributed by atoms with Gasteiger partial charge in [0.2, 0.25) is 0 Å². The summed E-state index contributed by atoms with van der Waals surface area (Å²) in [6.45, 7) is 6.88. The quantitative estimate of drug-likeness (QED) is 0.461. The molecular weight excluding hydrogens is 346 g/mol. The van der Waals surface area contributed by atoms with Gasteiger partial charge in [0, 0.05) is 18.4 Å². The summed E-state index contributed by atoms with van der Waals surface area (Å²) >= 11 is 0. The van der Waals surface area contributed by atoms with Crippen LogP contribution in [-0.2, 0) is 9.53 Å². The van der Waals surface area contributed by atoms with E-state index in [1.807, 2.05) is 0 Å². The minimum atomic E-state index is 0.00557. The molecular formula is C25H41NO2. The lowest BCUT2D eigenvalue weighted by atomic mass is 9.47. The number of ether oxygens (including phenoxy) is 1. The van der Waals surface area contributed by atoms with Gasteiger partial charge in [0.15, 0.2) is 0 Å². The number of ketones is 1. The summed E-state index contributed by atoms with van der Waals surface area (Å²) in [5, 5.41) is 0. The van der Waals surface area contributed by atoms with Gasteiger partial charge in [-0.2, -0.15) is 0 Å². The molecule has 6 atom stereocenters. The van der Waals surface area contributed by atoms with Gasteiger partial charge in [-0.25, -0.2) is 0 Å². The second kappa shape index (κ2) is 7.87. The second-order valence-electron chi connectivity index (χ2n) is 10.9. The first-order valence-corrected chi connectivity index (χ1v) is 11.9. The van der Waals surface area contributed by atoms with E-state index < -0.39 is 0 Å². The van der Waals surface area contributed by atoms with Crippen LogP contribution in [0.4, 0.5) is 0 Å². The van der Waals surface area contributed by atoms with Crippen molar-refractivity contribution in [3.63, 3.8) is 0 Å². The highest BCUT2D eigenvalue weighted by Gasteiger charge is 2.58. The normalized spacial score (nSPS) is 42.8. The van der Waals surface area contributed by atoms with Crippen molar-refractivity contribution in [3.8, 4) is 0 Å². The summed E-state index contributed by atoms with van der Waals surface area (Å²) in [6, 6.07) is 0. The molecule has 3 unspecified atom stereocenters. The van der Waals surface area contributed by atoms with Crippen LogP contribution in [0.15, 0.2) is 11.6 Å². The van der Waals surface area contributed by atoms with Crippen molar-refractivity contribution >= 4 is 5.78 Å². The van der Waals surface area contributed by atoms with Gasteiger partial charge in [0.25, 0.3) is 0 Å². The molecule has 3 nitrogen and oxygen atoms in total. The van der Waals surface area contributed by atoms with Gasteiger partial charge in [0.1, 0.15) is 5.78 Å². The second-order valence-corrected chi connectivity index (χ2v) is 10.9. The van der Waals surface area contributed by atoms with E-state index in [4.69, 9.17) is 4.74 Å². The third-order valence-corrected chi connectivity index (χ3v) is 9.11. The van der Waals surface area contributed by atoms with Gasteiger partial charge in [-0.1, -0.05) is 25.5 Å². The van der Waals surface area contributed by atoms with Crippen LogP contribution in [0.5, 0.6) is 0 Å². The number of carbonyl (C=O) groups excluding carboxylic acids is 1. The Bertz CT molecular complexity index is 626. The Morgan fingerprint density at radius 1 is 1.00 bits per heavy atom. The first-order valence-electron chi connectivity index (χ1n) is 11.9. The average Bonchev–Trinajstić information content (AvgIpc) is 2.96. The fourth-order valence-corrected chi connectivity index (χ4v) is 7.36. The van der Waals surface area contributed by atoms with Crippen molar-refractivity contribution in [1.82, 2.24) is 4.90 Å². The van der Waals surface area contributed by atoms with Crippen molar-refractivity contribution in [2.75, 3.05) is 27.2 Å². The third-order valence-electron chi connectivity index (χ3n) is 9.11. The molecule has 0 aliphatic heterocycles. The largest absolute Gasteiger partial charge is 0.374 e. The van der Waals surface area contributed by atoms with Crippen LogP contribution in [0, 0.1) is 28.6 Å². The minimum Gasteiger partial charge on any atom is -0.374 e. The maximum Gasteiger partial charge on any atom is 0.139 e. The zero-order chi connectivity index (χ0) is 19.9. The SMILES string of the molecule is CN(C)CCCCO[C@@H]1C=C2CCC3C(CC[C@]4(C)C(=O)CCC34)[C@@]2(C)CC1. The minimum absolute atomic E-state index is 0.00557. The van der Waals surface area contributed by atoms with E-state index in [-0.39, 0.29) is 5.41 Å². The number of Topliss-reactive ketones (excluding diaryl/α,β-unsaturated/α-hetero) is 1. The number of nitrogens with zero attached hydrogens (tertiary/aromatic N) is 1. The zero-order valence-corrected chi connectivity index (χ0v) is 18.6. The first-order chi connectivity index (χ1) is 13.3. The van der Waals surface area contributed by atoms with Gasteiger partial charge in [-0.3, -0.25) is 4.79 Å². The summed E-state index contributed by atoms with van der Waals surface area (Å²) in [7, 11) is 4.28. The van der Waals surface area contributed by atoms with Crippen LogP contribution in [0.3, 0.4) is 0 Å². The summed E-state index contributed by atoms with van der Waals surface area (Å²) in [4.78, 5) is 14.8. The standard InChI is InChI=1S/C25H41NO2/c1-24-13-11-19(28-16-6-5-15-26(3)4)17-18(24)7-8-20-21-9-10-23(27)25(21,2)14-12-22(20)24/h17,19-22H,5-16H2,1-4H3/t19-,20?,21?,22?,24-,25-/m0/s1. The van der Waals surface area contributed by atoms with E-state index >= 15 is 0 Å². The van der Waals surface area contributed by atoms with Crippen molar-refractivity contribution in [1.29, 1.82) is 0 Å². The molecule has 0 saturated heterocycles. The van der Waals surface area contributed by atoms with E-state index in [0.29, 0.717) is 23.2 Å². The van der Waals surface area contributed by atoms with E-state index in [0.717, 1.165) is 50.7 Å². The first kappa shape index (κ1) is 20.6. The molecule has 158 valence electrons. The van der Waals surface area contributed by atoms with E-state index in [2.05, 4.69) is 38.9 Å². The molecule has 0 spiro atoms. The molecule has 3 fully saturated rings. The van der Waals surface area contributed by atoms with Crippen molar-refractivity contribution in [2.45, 2.75) is 84.2 Å². The van der Waals surface area contributed by atoms with Crippen LogP contribution in [0.2, 0.25) is 0 Å². The Kier molecular flexibility index (Phi) is 5.79. The molecule has 4 rings (SSSR count). The Morgan fingerprint density at radius 3 is 2.54 bits per heavy atom. The lowest BCUT2D eigenvalue weighted by molar-refractivity contribution is -0.132. The van der Waals surface area contributed by atoms with E-state index in [1.165, 1.54) is 38.5 Å². The predicted molar refractivity (Wildman–Crippen MR) is 114 cm³/mol. The highest BCUT2D eigenvalue weighted by molar-refractivity contribution is 5.87. The van der Waals surface area contributed by atoms with Crippen molar-refractivity contribution < 1.29 is 9.53 Å². The summed E-state index contributed by atoms with van der Waals surface area (Å²) in [5.41, 5.74) is 2.05. The summed E-state index contributed by atoms with van der Waals surface area (Å²) in [5.74, 6) is 2.78. The van der Waals surface area contributed by atoms with E-state index in [9.17, 15) is 4.79 Å². The van der Waals surface area contributed by atoms with Crippen LogP contribution >= 0.6 is 0 Å². The molecule has 28 heavy (non-hydrogen) atoms. The highest BCUT2D eigenvalue weighted by Crippen LogP contribution is 2.64. The monoisotopic (exact) mass is 387 g/mol. The molecule has 4 aliphatic rings. The van der Waals surface area contributed by atoms with Crippen molar-refractivity contribution in [2.24, 2.45) is 28.6 Å². The van der Waals surface area contributed by atoms with Gasteiger partial charge < -0.3 is 9.64 Å². The Hall–Kier alpha value is -0.670. The van der Waals surface area contributed by atoms with E-state index in [1.54, 1.807) is 5.57 Å². The Labute approximate surface area is 172 Å². The van der Waals surface area contributed by atoms with Gasteiger partial charge >= 0.3 is 0 Å². The predicted octanol–water partition coefficient (Wildman–Crippen LogP) is 5.25. The number of hydrogen-bond acceptors (Lipinski definition) is 3. The van der Waals surface area contributed by atoms with Crippen LogP contribution in [0.1, 0.15) is 78.1 Å². The summed E-state index contributed by atoms with van der Waals surface area (Å²) < 4.78 is 6.25. The fraction of sp³-hybridized carbons (Fsp3) is 0.880. The Balaban J connectivity index is 1.39. The smallest absolute Gasteiger partial charge is 0.139 e. The molecule has 0 amide bonds. The molecule has 0 radical (unpaired) electrons. The molecule has 3 saturated carbocycles. The molecule has 0 heterocycles. The topological polar surface area (TPSA) is 29.5 Å². The average molecular weight is 388 g/mol. The van der Waals surface area contributed by atoms with Crippen LogP contribution in [0.25, 0.3) is 0 Å². The highest BCUT2D eigenvalue weighted by atomic mass is 16.5. The van der Waals surface area contributed by atoms with Gasteiger partial charge in [0.05, 0.1) is 6.10 Å². The maximum atomic E-state index is 12.6. The number of unbranched alkanes of at least 4 members (excludes halogenated alkanes) is 1. The molecule has 0 aromatic carbocycles. The molecule has 0 aromatic heterocycles. The molecule has 3 heteroatoms. The maximum absolute atomic E-state index is 12.6. The van der Waals surface area contributed by atoms with Gasteiger partial charge in [-0.05, 0) is 102 Å². The van der Waals surface area contributed by atoms with Gasteiger partial charge in [-0.15, -0.1) is 0 Å². The lowest BCUT2D eigenvalue weighted by Gasteiger charge is -2.57. The number of carbonyl (C=O) groups is 1. The molecule has 0 aromatic rings. The number of hydrogen-bond donors (Lipinski definition) is 0. The van der Waals surface area contributed by atoms with Crippen molar-refractivity contribution in [3.05, 3.63) is 11.6 Å². The molecule has 4 aliphatic carbocycles. The van der Waals surface area contributed by atoms with Crippen LogP contribution < -0.4 is 0 Å². The van der Waals surface area contributed by atoms with Crippen LogP contribution in [-0.4, -0.2) is 44.0 Å².